The molecule has 1 amide bonds. The van der Waals surface area contributed by atoms with Crippen LogP contribution in [0.1, 0.15) is 36.2 Å². The molecule has 38 heavy (non-hydrogen) atoms. The molecule has 1 atom stereocenters. The number of nitrogens with one attached hydrogen (secondary N) is 1. The molecule has 11 nitrogen and oxygen atoms in total. The smallest absolute Gasteiger partial charge is 0.343 e. The third kappa shape index (κ3) is 7.79. The Kier molecular flexibility index (Phi) is 9.75. The second-order valence-electron chi connectivity index (χ2n) is 7.92. The lowest BCUT2D eigenvalue weighted by atomic mass is 10.2. The number of rotatable bonds is 12. The summed E-state index contributed by atoms with van der Waals surface area (Å²) in [5, 5.41) is 14.6. The van der Waals surface area contributed by atoms with E-state index in [1.54, 1.807) is 42.5 Å². The van der Waals surface area contributed by atoms with Crippen LogP contribution in [0, 0.1) is 10.1 Å². The fraction of sp³-hybridized carbons (Fsp3) is 0.222. The molecule has 3 aromatic carbocycles. The maximum atomic E-state index is 12.5. The molecule has 1 N–H and O–H groups in total. The molecule has 0 bridgehead atoms. The van der Waals surface area contributed by atoms with Gasteiger partial charge in [-0.15, -0.1) is 0 Å². The highest BCUT2D eigenvalue weighted by Crippen LogP contribution is 2.28. The molecule has 0 unspecified atom stereocenters. The summed E-state index contributed by atoms with van der Waals surface area (Å²) in [5.41, 5.74) is 3.21. The van der Waals surface area contributed by atoms with Gasteiger partial charge in [-0.3, -0.25) is 14.9 Å². The van der Waals surface area contributed by atoms with Crippen molar-refractivity contribution in [3.8, 4) is 23.0 Å². The van der Waals surface area contributed by atoms with Crippen LogP contribution in [-0.2, 0) is 4.79 Å². The van der Waals surface area contributed by atoms with Gasteiger partial charge in [0.2, 0.25) is 0 Å². The molecule has 3 aromatic rings. The number of ether oxygens (including phenoxy) is 4. The summed E-state index contributed by atoms with van der Waals surface area (Å²) >= 11 is 0. The summed E-state index contributed by atoms with van der Waals surface area (Å²) in [5.74, 6) is 0.410. The molecule has 0 aliphatic carbocycles. The summed E-state index contributed by atoms with van der Waals surface area (Å²) in [4.78, 5) is 35.0. The van der Waals surface area contributed by atoms with Crippen molar-refractivity contribution in [3.05, 3.63) is 88.0 Å². The number of methoxy groups -OCH3 is 1. The second kappa shape index (κ2) is 13.4. The summed E-state index contributed by atoms with van der Waals surface area (Å²) < 4.78 is 21.8. The Bertz CT molecular complexity index is 1290. The molecule has 0 fully saturated rings. The molecule has 0 aromatic heterocycles. The minimum absolute atomic E-state index is 0.0816. The largest absolute Gasteiger partial charge is 0.494 e. The van der Waals surface area contributed by atoms with Gasteiger partial charge in [0.05, 0.1) is 30.4 Å². The lowest BCUT2D eigenvalue weighted by Gasteiger charge is -2.12. The fourth-order valence-electron chi connectivity index (χ4n) is 3.08. The van der Waals surface area contributed by atoms with Gasteiger partial charge in [-0.05, 0) is 73.5 Å². The average Bonchev–Trinajstić information content (AvgIpc) is 2.93. The average molecular weight is 522 g/mol. The number of benzene rings is 3. The highest BCUT2D eigenvalue weighted by molar-refractivity contribution is 5.92. The van der Waals surface area contributed by atoms with Crippen LogP contribution in [0.4, 0.5) is 5.69 Å². The van der Waals surface area contributed by atoms with Crippen molar-refractivity contribution in [2.75, 3.05) is 13.7 Å². The Morgan fingerprint density at radius 3 is 2.34 bits per heavy atom. The molecule has 0 saturated carbocycles. The zero-order chi connectivity index (χ0) is 27.5. The van der Waals surface area contributed by atoms with E-state index >= 15 is 0 Å². The van der Waals surface area contributed by atoms with Crippen LogP contribution in [-0.4, -0.2) is 42.8 Å². The Morgan fingerprint density at radius 1 is 1.03 bits per heavy atom. The Morgan fingerprint density at radius 2 is 1.71 bits per heavy atom. The first-order valence-electron chi connectivity index (χ1n) is 11.7. The van der Waals surface area contributed by atoms with Crippen molar-refractivity contribution in [1.29, 1.82) is 0 Å². The monoisotopic (exact) mass is 521 g/mol. The van der Waals surface area contributed by atoms with E-state index in [2.05, 4.69) is 10.5 Å². The zero-order valence-corrected chi connectivity index (χ0v) is 21.1. The lowest BCUT2D eigenvalue weighted by molar-refractivity contribution is -0.384. The van der Waals surface area contributed by atoms with Gasteiger partial charge in [0, 0.05) is 12.1 Å². The summed E-state index contributed by atoms with van der Waals surface area (Å²) in [6.45, 7) is 4.12. The molecule has 0 aliphatic rings. The standard InChI is InChI=1S/C27H27N3O8/c1-4-15-36-22-10-6-20(7-11-22)27(32)38-24-14-5-19(16-25(24)35-3)17-28-29-26(31)18(2)37-23-12-8-21(9-13-23)30(33)34/h5-14,16-18H,4,15H2,1-3H3,(H,29,31)/b28-17-/t18-/m0/s1. The Labute approximate surface area is 219 Å². The first-order chi connectivity index (χ1) is 18.3. The van der Waals surface area contributed by atoms with Gasteiger partial charge in [0.25, 0.3) is 11.6 Å². The van der Waals surface area contributed by atoms with Gasteiger partial charge < -0.3 is 18.9 Å². The molecular formula is C27H27N3O8. The summed E-state index contributed by atoms with van der Waals surface area (Å²) in [7, 11) is 1.44. The molecular weight excluding hydrogens is 494 g/mol. The van der Waals surface area contributed by atoms with Crippen molar-refractivity contribution < 1.29 is 33.5 Å². The van der Waals surface area contributed by atoms with Crippen LogP contribution in [0.15, 0.2) is 71.8 Å². The van der Waals surface area contributed by atoms with Gasteiger partial charge >= 0.3 is 5.97 Å². The maximum absolute atomic E-state index is 12.5. The van der Waals surface area contributed by atoms with E-state index < -0.39 is 22.9 Å². The van der Waals surface area contributed by atoms with Crippen LogP contribution >= 0.6 is 0 Å². The van der Waals surface area contributed by atoms with Crippen molar-refractivity contribution >= 4 is 23.8 Å². The molecule has 0 spiro atoms. The van der Waals surface area contributed by atoms with Gasteiger partial charge in [-0.2, -0.15) is 5.10 Å². The molecule has 198 valence electrons. The number of carbonyl (C=O) groups excluding carboxylic acids is 2. The van der Waals surface area contributed by atoms with Crippen LogP contribution in [0.2, 0.25) is 0 Å². The number of amides is 1. The van der Waals surface area contributed by atoms with Crippen LogP contribution < -0.4 is 24.4 Å². The van der Waals surface area contributed by atoms with Crippen LogP contribution in [0.3, 0.4) is 0 Å². The van der Waals surface area contributed by atoms with Crippen LogP contribution in [0.25, 0.3) is 0 Å². The second-order valence-corrected chi connectivity index (χ2v) is 7.92. The predicted octanol–water partition coefficient (Wildman–Crippen LogP) is 4.53. The summed E-state index contributed by atoms with van der Waals surface area (Å²) in [6.07, 6.45) is 1.37. The van der Waals surface area contributed by atoms with E-state index in [9.17, 15) is 19.7 Å². The molecule has 0 heterocycles. The number of hydrogen-bond acceptors (Lipinski definition) is 9. The predicted molar refractivity (Wildman–Crippen MR) is 139 cm³/mol. The van der Waals surface area contributed by atoms with Gasteiger partial charge in [0.1, 0.15) is 11.5 Å². The number of nitro benzene ring substituents is 1. The third-order valence-corrected chi connectivity index (χ3v) is 5.07. The number of nitrogens with zero attached hydrogens (tertiary/aromatic N) is 2. The van der Waals surface area contributed by atoms with E-state index in [0.29, 0.717) is 35.0 Å². The van der Waals surface area contributed by atoms with Gasteiger partial charge in [-0.1, -0.05) is 6.92 Å². The highest BCUT2D eigenvalue weighted by Gasteiger charge is 2.16. The van der Waals surface area contributed by atoms with E-state index in [1.807, 2.05) is 6.92 Å². The zero-order valence-electron chi connectivity index (χ0n) is 21.1. The van der Waals surface area contributed by atoms with Crippen molar-refractivity contribution in [1.82, 2.24) is 5.43 Å². The SMILES string of the molecule is CCCOc1ccc(C(=O)Oc2ccc(/C=N\NC(=O)[C@H](C)Oc3ccc([N+](=O)[O-])cc3)cc2OC)cc1. The van der Waals surface area contributed by atoms with E-state index in [1.165, 1.54) is 44.5 Å². The number of nitro groups is 1. The number of carbonyl (C=O) groups is 2. The van der Waals surface area contributed by atoms with Gasteiger partial charge in [-0.25, -0.2) is 10.2 Å². The van der Waals surface area contributed by atoms with Crippen molar-refractivity contribution in [3.63, 3.8) is 0 Å². The molecule has 3 rings (SSSR count). The number of hydrazone groups is 1. The van der Waals surface area contributed by atoms with Gasteiger partial charge in [0.15, 0.2) is 17.6 Å². The molecule has 0 radical (unpaired) electrons. The number of esters is 1. The Balaban J connectivity index is 1.56. The molecule has 0 aliphatic heterocycles. The first-order valence-corrected chi connectivity index (χ1v) is 11.7. The third-order valence-electron chi connectivity index (χ3n) is 5.07. The minimum atomic E-state index is -0.905. The van der Waals surface area contributed by atoms with Crippen LogP contribution in [0.5, 0.6) is 23.0 Å². The maximum Gasteiger partial charge on any atom is 0.343 e. The van der Waals surface area contributed by atoms with E-state index in [0.717, 1.165) is 6.42 Å². The number of non-ortho nitro benzene ring substituents is 1. The van der Waals surface area contributed by atoms with E-state index in [-0.39, 0.29) is 11.4 Å². The highest BCUT2D eigenvalue weighted by atomic mass is 16.6. The lowest BCUT2D eigenvalue weighted by Crippen LogP contribution is -2.33. The summed E-state index contributed by atoms with van der Waals surface area (Å²) in [6, 6.07) is 16.8. The Hall–Kier alpha value is -4.93. The quantitative estimate of drug-likeness (QED) is 0.121. The molecule has 11 heteroatoms. The van der Waals surface area contributed by atoms with Crippen molar-refractivity contribution in [2.24, 2.45) is 5.10 Å². The van der Waals surface area contributed by atoms with E-state index in [4.69, 9.17) is 18.9 Å². The normalized spacial score (nSPS) is 11.4. The molecule has 0 saturated heterocycles. The van der Waals surface area contributed by atoms with Crippen molar-refractivity contribution in [2.45, 2.75) is 26.4 Å². The fourth-order valence-corrected chi connectivity index (χ4v) is 3.08. The number of hydrogen-bond donors (Lipinski definition) is 1. The first kappa shape index (κ1) is 27.7. The topological polar surface area (TPSA) is 139 Å². The minimum Gasteiger partial charge on any atom is -0.494 e.